The van der Waals surface area contributed by atoms with Gasteiger partial charge in [0, 0.05) is 23.2 Å². The summed E-state index contributed by atoms with van der Waals surface area (Å²) in [6, 6.07) is 16.4. The monoisotopic (exact) mass is 415 g/mol. The molecule has 0 fully saturated rings. The van der Waals surface area contributed by atoms with Crippen LogP contribution in [0.15, 0.2) is 66.9 Å². The van der Waals surface area contributed by atoms with Gasteiger partial charge in [0.25, 0.3) is 5.91 Å². The first kappa shape index (κ1) is 20.3. The van der Waals surface area contributed by atoms with Crippen LogP contribution in [0.1, 0.15) is 19.4 Å². The highest BCUT2D eigenvalue weighted by molar-refractivity contribution is 6.14. The van der Waals surface area contributed by atoms with E-state index in [2.05, 4.69) is 10.3 Å². The number of nitrogens with one attached hydrogen (secondary N) is 1. The third-order valence-corrected chi connectivity index (χ3v) is 5.16. The lowest BCUT2D eigenvalue weighted by Gasteiger charge is -2.41. The molecule has 3 aromatic rings. The van der Waals surface area contributed by atoms with Gasteiger partial charge < -0.3 is 10.1 Å². The van der Waals surface area contributed by atoms with Crippen LogP contribution in [0.25, 0.3) is 17.0 Å². The molecule has 0 saturated heterocycles. The maximum atomic E-state index is 12.9. The van der Waals surface area contributed by atoms with Gasteiger partial charge in [0.15, 0.2) is 6.61 Å². The quantitative estimate of drug-likeness (QED) is 0.520. The number of fused-ring (bicyclic) bond motifs is 2. The van der Waals surface area contributed by atoms with Crippen molar-refractivity contribution in [3.05, 3.63) is 72.4 Å². The number of hydrogen-bond acceptors (Lipinski definition) is 5. The van der Waals surface area contributed by atoms with E-state index in [-0.39, 0.29) is 5.91 Å². The first-order valence-electron chi connectivity index (χ1n) is 9.80. The number of para-hydroxylation sites is 3. The van der Waals surface area contributed by atoms with Crippen molar-refractivity contribution in [1.82, 2.24) is 4.98 Å². The molecule has 0 atom stereocenters. The number of amides is 2. The molecule has 2 heterocycles. The predicted molar refractivity (Wildman–Crippen MR) is 118 cm³/mol. The molecule has 1 aliphatic heterocycles. The molecule has 2 aromatic carbocycles. The van der Waals surface area contributed by atoms with Gasteiger partial charge in [0.2, 0.25) is 5.91 Å². The van der Waals surface area contributed by atoms with Gasteiger partial charge in [-0.05, 0) is 38.1 Å². The standard InChI is InChI=1S/C24H21N3O4/c1-24(2)23(30)26-18-10-3-4-11-19(18)27(24)20(28)15-31-21(29)13-12-17-8-5-7-16-9-6-14-25-22(16)17/h3-14H,15H2,1-2H3,(H,26,30)/b13-12+. The van der Waals surface area contributed by atoms with Crippen molar-refractivity contribution in [3.8, 4) is 0 Å². The predicted octanol–water partition coefficient (Wildman–Crippen LogP) is 3.56. The Morgan fingerprint density at radius 1 is 1.10 bits per heavy atom. The van der Waals surface area contributed by atoms with Crippen molar-refractivity contribution in [2.75, 3.05) is 16.8 Å². The van der Waals surface area contributed by atoms with Crippen LogP contribution in [0.5, 0.6) is 0 Å². The van der Waals surface area contributed by atoms with Gasteiger partial charge in [0.05, 0.1) is 16.9 Å². The zero-order valence-corrected chi connectivity index (χ0v) is 17.2. The Hall–Kier alpha value is -4.00. The Morgan fingerprint density at radius 3 is 2.71 bits per heavy atom. The van der Waals surface area contributed by atoms with Crippen LogP contribution in [-0.4, -0.2) is 34.9 Å². The second-order valence-corrected chi connectivity index (χ2v) is 7.62. The molecular formula is C24H21N3O4. The van der Waals surface area contributed by atoms with Crippen molar-refractivity contribution < 1.29 is 19.1 Å². The van der Waals surface area contributed by atoms with E-state index in [1.54, 1.807) is 50.4 Å². The minimum atomic E-state index is -1.12. The molecule has 0 aliphatic carbocycles. The minimum Gasteiger partial charge on any atom is -0.452 e. The summed E-state index contributed by atoms with van der Waals surface area (Å²) < 4.78 is 5.17. The van der Waals surface area contributed by atoms with E-state index in [4.69, 9.17) is 4.74 Å². The van der Waals surface area contributed by atoms with E-state index in [1.165, 1.54) is 11.0 Å². The number of aromatic nitrogens is 1. The number of ether oxygens (including phenoxy) is 1. The van der Waals surface area contributed by atoms with Crippen LogP contribution in [-0.2, 0) is 19.1 Å². The lowest BCUT2D eigenvalue weighted by Crippen LogP contribution is -2.59. The molecule has 0 unspecified atom stereocenters. The van der Waals surface area contributed by atoms with E-state index in [0.29, 0.717) is 11.4 Å². The number of carbonyl (C=O) groups excluding carboxylic acids is 3. The van der Waals surface area contributed by atoms with E-state index in [0.717, 1.165) is 16.5 Å². The molecule has 7 heteroatoms. The lowest BCUT2D eigenvalue weighted by atomic mass is 9.96. The largest absolute Gasteiger partial charge is 0.452 e. The van der Waals surface area contributed by atoms with Crippen LogP contribution >= 0.6 is 0 Å². The molecule has 0 radical (unpaired) electrons. The first-order valence-corrected chi connectivity index (χ1v) is 9.80. The fourth-order valence-electron chi connectivity index (χ4n) is 3.56. The normalized spacial score (nSPS) is 14.9. The van der Waals surface area contributed by atoms with Gasteiger partial charge in [-0.2, -0.15) is 0 Å². The molecular weight excluding hydrogens is 394 g/mol. The number of anilines is 2. The van der Waals surface area contributed by atoms with Gasteiger partial charge in [-0.25, -0.2) is 4.79 Å². The van der Waals surface area contributed by atoms with Crippen molar-refractivity contribution in [1.29, 1.82) is 0 Å². The third kappa shape index (κ3) is 3.90. The number of rotatable bonds is 4. The summed E-state index contributed by atoms with van der Waals surface area (Å²) in [4.78, 5) is 43.3. The summed E-state index contributed by atoms with van der Waals surface area (Å²) in [5, 5.41) is 3.75. The second kappa shape index (κ2) is 8.02. The minimum absolute atomic E-state index is 0.311. The van der Waals surface area contributed by atoms with Gasteiger partial charge in [0.1, 0.15) is 5.54 Å². The number of hydrogen-bond donors (Lipinski definition) is 1. The van der Waals surface area contributed by atoms with Crippen molar-refractivity contribution >= 4 is 46.1 Å². The molecule has 31 heavy (non-hydrogen) atoms. The lowest BCUT2D eigenvalue weighted by molar-refractivity contribution is -0.143. The number of nitrogens with zero attached hydrogens (tertiary/aromatic N) is 2. The zero-order valence-electron chi connectivity index (χ0n) is 17.2. The molecule has 4 rings (SSSR count). The zero-order chi connectivity index (χ0) is 22.0. The van der Waals surface area contributed by atoms with Crippen molar-refractivity contribution in [2.24, 2.45) is 0 Å². The molecule has 7 nitrogen and oxygen atoms in total. The highest BCUT2D eigenvalue weighted by atomic mass is 16.5. The highest BCUT2D eigenvalue weighted by Gasteiger charge is 2.43. The van der Waals surface area contributed by atoms with Crippen LogP contribution < -0.4 is 10.2 Å². The van der Waals surface area contributed by atoms with Crippen LogP contribution in [0.2, 0.25) is 0 Å². The maximum Gasteiger partial charge on any atom is 0.331 e. The van der Waals surface area contributed by atoms with Gasteiger partial charge in [-0.3, -0.25) is 19.5 Å². The maximum absolute atomic E-state index is 12.9. The summed E-state index contributed by atoms with van der Waals surface area (Å²) in [5.74, 6) is -1.45. The number of esters is 1. The fourth-order valence-corrected chi connectivity index (χ4v) is 3.56. The van der Waals surface area contributed by atoms with Crippen molar-refractivity contribution in [3.63, 3.8) is 0 Å². The average molecular weight is 415 g/mol. The number of carbonyl (C=O) groups is 3. The van der Waals surface area contributed by atoms with E-state index >= 15 is 0 Å². The van der Waals surface area contributed by atoms with Crippen LogP contribution in [0.4, 0.5) is 11.4 Å². The Labute approximate surface area is 179 Å². The fraction of sp³-hybridized carbons (Fsp3) is 0.167. The highest BCUT2D eigenvalue weighted by Crippen LogP contribution is 2.36. The van der Waals surface area contributed by atoms with E-state index < -0.39 is 24.0 Å². The van der Waals surface area contributed by atoms with Crippen LogP contribution in [0, 0.1) is 0 Å². The summed E-state index contributed by atoms with van der Waals surface area (Å²) >= 11 is 0. The Morgan fingerprint density at radius 2 is 1.87 bits per heavy atom. The molecule has 1 aliphatic rings. The Bertz CT molecular complexity index is 1210. The molecule has 0 bridgehead atoms. The van der Waals surface area contributed by atoms with E-state index in [9.17, 15) is 14.4 Å². The SMILES string of the molecule is CC1(C)C(=O)Nc2ccccc2N1C(=O)COC(=O)/C=C/c1cccc2cccnc12. The van der Waals surface area contributed by atoms with Gasteiger partial charge in [-0.1, -0.05) is 36.4 Å². The Kier molecular flexibility index (Phi) is 5.25. The second-order valence-electron chi connectivity index (χ2n) is 7.62. The summed E-state index contributed by atoms with van der Waals surface area (Å²) in [7, 11) is 0. The smallest absolute Gasteiger partial charge is 0.331 e. The molecule has 1 aromatic heterocycles. The number of benzene rings is 2. The Balaban J connectivity index is 1.47. The average Bonchev–Trinajstić information content (AvgIpc) is 2.76. The molecule has 156 valence electrons. The summed E-state index contributed by atoms with van der Waals surface area (Å²) in [6.07, 6.45) is 4.56. The third-order valence-electron chi connectivity index (χ3n) is 5.16. The summed E-state index contributed by atoms with van der Waals surface area (Å²) in [5.41, 5.74) is 1.51. The van der Waals surface area contributed by atoms with E-state index in [1.807, 2.05) is 30.3 Å². The van der Waals surface area contributed by atoms with Crippen molar-refractivity contribution in [2.45, 2.75) is 19.4 Å². The van der Waals surface area contributed by atoms with Crippen LogP contribution in [0.3, 0.4) is 0 Å². The summed E-state index contributed by atoms with van der Waals surface area (Å²) in [6.45, 7) is 2.80. The van der Waals surface area contributed by atoms with Gasteiger partial charge in [-0.15, -0.1) is 0 Å². The topological polar surface area (TPSA) is 88.6 Å². The molecule has 0 saturated carbocycles. The first-order chi connectivity index (χ1) is 14.9. The molecule has 2 amide bonds. The molecule has 0 spiro atoms. The number of pyridine rings is 1. The van der Waals surface area contributed by atoms with Gasteiger partial charge >= 0.3 is 5.97 Å². The molecule has 1 N–H and O–H groups in total.